The predicted molar refractivity (Wildman–Crippen MR) is 89.0 cm³/mol. The van der Waals surface area contributed by atoms with Crippen LogP contribution in [0.3, 0.4) is 0 Å². The fraction of sp³-hybridized carbons (Fsp3) is 0.188. The maximum Gasteiger partial charge on any atom is 0.340 e. The Morgan fingerprint density at radius 2 is 2.05 bits per heavy atom. The largest absolute Gasteiger partial charge is 0.462 e. The van der Waals surface area contributed by atoms with E-state index in [0.29, 0.717) is 23.5 Å². The summed E-state index contributed by atoms with van der Waals surface area (Å²) in [5.41, 5.74) is 9.35. The maximum absolute atomic E-state index is 12.0. The zero-order valence-electron chi connectivity index (χ0n) is 11.9. The van der Waals surface area contributed by atoms with Crippen molar-refractivity contribution in [3.05, 3.63) is 52.0 Å². The van der Waals surface area contributed by atoms with Gasteiger partial charge >= 0.3 is 5.97 Å². The Labute approximate surface area is 132 Å². The lowest BCUT2D eigenvalue weighted by Gasteiger charge is -2.14. The number of benzene rings is 2. The summed E-state index contributed by atoms with van der Waals surface area (Å²) in [4.78, 5) is 12.0. The van der Waals surface area contributed by atoms with E-state index in [0.717, 1.165) is 15.7 Å². The van der Waals surface area contributed by atoms with Crippen molar-refractivity contribution in [3.63, 3.8) is 0 Å². The van der Waals surface area contributed by atoms with E-state index in [1.54, 1.807) is 25.1 Å². The molecule has 0 aliphatic rings. The van der Waals surface area contributed by atoms with E-state index in [2.05, 4.69) is 21.2 Å². The summed E-state index contributed by atoms with van der Waals surface area (Å²) in [6.45, 7) is 4.10. The molecule has 0 amide bonds. The molecule has 0 spiro atoms. The van der Waals surface area contributed by atoms with Gasteiger partial charge in [-0.15, -0.1) is 0 Å². The van der Waals surface area contributed by atoms with E-state index in [9.17, 15) is 4.79 Å². The molecule has 2 aromatic rings. The molecule has 5 heteroatoms. The van der Waals surface area contributed by atoms with Crippen LogP contribution in [-0.2, 0) is 4.74 Å². The van der Waals surface area contributed by atoms with Gasteiger partial charge in [-0.3, -0.25) is 0 Å². The SMILES string of the molecule is CCOC(=O)c1cc(N)ccc1Nc1cccc(C)c1Br. The molecule has 0 bridgehead atoms. The predicted octanol–water partition coefficient (Wildman–Crippen LogP) is 4.26. The van der Waals surface area contributed by atoms with Crippen LogP contribution in [0, 0.1) is 6.92 Å². The highest BCUT2D eigenvalue weighted by Gasteiger charge is 2.14. The molecule has 0 heterocycles. The van der Waals surface area contributed by atoms with Gasteiger partial charge in [0, 0.05) is 10.2 Å². The molecule has 4 nitrogen and oxygen atoms in total. The first kappa shape index (κ1) is 15.4. The molecular formula is C16H17BrN2O2. The maximum atomic E-state index is 12.0. The third kappa shape index (κ3) is 3.55. The second kappa shape index (κ2) is 6.63. The molecule has 0 unspecified atom stereocenters. The number of rotatable bonds is 4. The van der Waals surface area contributed by atoms with Crippen molar-refractivity contribution in [3.8, 4) is 0 Å². The number of hydrogen-bond acceptors (Lipinski definition) is 4. The molecule has 0 atom stereocenters. The number of carbonyl (C=O) groups excluding carboxylic acids is 1. The number of ether oxygens (including phenoxy) is 1. The average molecular weight is 349 g/mol. The number of hydrogen-bond donors (Lipinski definition) is 2. The van der Waals surface area contributed by atoms with Gasteiger partial charge in [0.2, 0.25) is 0 Å². The normalized spacial score (nSPS) is 10.2. The van der Waals surface area contributed by atoms with E-state index < -0.39 is 5.97 Å². The highest BCUT2D eigenvalue weighted by atomic mass is 79.9. The summed E-state index contributed by atoms with van der Waals surface area (Å²) in [5.74, 6) is -0.393. The van der Waals surface area contributed by atoms with Crippen LogP contribution in [-0.4, -0.2) is 12.6 Å². The van der Waals surface area contributed by atoms with Crippen LogP contribution in [0.15, 0.2) is 40.9 Å². The fourth-order valence-corrected chi connectivity index (χ4v) is 2.30. The lowest BCUT2D eigenvalue weighted by molar-refractivity contribution is 0.0527. The summed E-state index contributed by atoms with van der Waals surface area (Å²) in [6.07, 6.45) is 0. The average Bonchev–Trinajstić information content (AvgIpc) is 2.46. The summed E-state index contributed by atoms with van der Waals surface area (Å²) in [6, 6.07) is 11.0. The Kier molecular flexibility index (Phi) is 4.85. The summed E-state index contributed by atoms with van der Waals surface area (Å²) in [5, 5.41) is 3.24. The molecule has 0 aromatic heterocycles. The lowest BCUT2D eigenvalue weighted by Crippen LogP contribution is -2.09. The second-order valence-corrected chi connectivity index (χ2v) is 5.38. The number of aryl methyl sites for hydroxylation is 1. The molecule has 2 aromatic carbocycles. The van der Waals surface area contributed by atoms with Gasteiger partial charge in [-0.2, -0.15) is 0 Å². The molecule has 2 rings (SSSR count). The van der Waals surface area contributed by atoms with E-state index >= 15 is 0 Å². The highest BCUT2D eigenvalue weighted by Crippen LogP contribution is 2.30. The van der Waals surface area contributed by atoms with E-state index in [1.807, 2.05) is 25.1 Å². The van der Waals surface area contributed by atoms with E-state index in [1.165, 1.54) is 0 Å². The number of nitrogens with two attached hydrogens (primary N) is 1. The van der Waals surface area contributed by atoms with Crippen molar-refractivity contribution in [2.45, 2.75) is 13.8 Å². The molecule has 0 saturated heterocycles. The van der Waals surface area contributed by atoms with Gasteiger partial charge in [0.25, 0.3) is 0 Å². The van der Waals surface area contributed by atoms with Gasteiger partial charge in [0.15, 0.2) is 0 Å². The standard InChI is InChI=1S/C16H17BrN2O2/c1-3-21-16(20)12-9-11(18)7-8-13(12)19-14-6-4-5-10(2)15(14)17/h4-9,19H,3,18H2,1-2H3. The summed E-state index contributed by atoms with van der Waals surface area (Å²) >= 11 is 3.54. The Morgan fingerprint density at radius 3 is 2.76 bits per heavy atom. The van der Waals surface area contributed by atoms with Crippen molar-refractivity contribution < 1.29 is 9.53 Å². The zero-order chi connectivity index (χ0) is 15.4. The van der Waals surface area contributed by atoms with Crippen LogP contribution in [0.2, 0.25) is 0 Å². The number of esters is 1. The van der Waals surface area contributed by atoms with Crippen molar-refractivity contribution in [1.29, 1.82) is 0 Å². The first-order valence-corrected chi connectivity index (χ1v) is 7.41. The molecule has 0 aliphatic heterocycles. The van der Waals surface area contributed by atoms with Crippen LogP contribution >= 0.6 is 15.9 Å². The Balaban J connectivity index is 2.40. The number of nitrogens with one attached hydrogen (secondary N) is 1. The molecule has 0 radical (unpaired) electrons. The first-order valence-electron chi connectivity index (χ1n) is 6.61. The van der Waals surface area contributed by atoms with Gasteiger partial charge < -0.3 is 15.8 Å². The lowest BCUT2D eigenvalue weighted by atomic mass is 10.1. The van der Waals surface area contributed by atoms with Crippen molar-refractivity contribution in [2.24, 2.45) is 0 Å². The number of halogens is 1. The van der Waals surface area contributed by atoms with Gasteiger partial charge in [-0.25, -0.2) is 4.79 Å². The van der Waals surface area contributed by atoms with Crippen LogP contribution in [0.5, 0.6) is 0 Å². The number of nitrogen functional groups attached to an aromatic ring is 1. The smallest absolute Gasteiger partial charge is 0.340 e. The molecule has 0 fully saturated rings. The summed E-state index contributed by atoms with van der Waals surface area (Å²) < 4.78 is 6.02. The van der Waals surface area contributed by atoms with Crippen molar-refractivity contribution in [2.75, 3.05) is 17.7 Å². The van der Waals surface area contributed by atoms with E-state index in [-0.39, 0.29) is 0 Å². The topological polar surface area (TPSA) is 64.3 Å². The number of carbonyl (C=O) groups is 1. The second-order valence-electron chi connectivity index (χ2n) is 4.59. The monoisotopic (exact) mass is 348 g/mol. The van der Waals surface area contributed by atoms with Gasteiger partial charge in [0.1, 0.15) is 0 Å². The molecule has 110 valence electrons. The van der Waals surface area contributed by atoms with Gasteiger partial charge in [0.05, 0.1) is 23.5 Å². The van der Waals surface area contributed by atoms with Crippen molar-refractivity contribution >= 4 is 39.0 Å². The van der Waals surface area contributed by atoms with Crippen LogP contribution in [0.25, 0.3) is 0 Å². The summed E-state index contributed by atoms with van der Waals surface area (Å²) in [7, 11) is 0. The third-order valence-electron chi connectivity index (χ3n) is 3.00. The minimum absolute atomic E-state index is 0.321. The minimum Gasteiger partial charge on any atom is -0.462 e. The Bertz CT molecular complexity index is 671. The molecule has 0 saturated carbocycles. The Morgan fingerprint density at radius 1 is 1.29 bits per heavy atom. The molecule has 3 N–H and O–H groups in total. The fourth-order valence-electron chi connectivity index (χ4n) is 1.94. The first-order chi connectivity index (χ1) is 10.0. The van der Waals surface area contributed by atoms with E-state index in [4.69, 9.17) is 10.5 Å². The molecule has 21 heavy (non-hydrogen) atoms. The highest BCUT2D eigenvalue weighted by molar-refractivity contribution is 9.10. The van der Waals surface area contributed by atoms with Gasteiger partial charge in [-0.1, -0.05) is 12.1 Å². The molecule has 0 aliphatic carbocycles. The number of anilines is 3. The minimum atomic E-state index is -0.393. The van der Waals surface area contributed by atoms with Gasteiger partial charge in [-0.05, 0) is 59.6 Å². The van der Waals surface area contributed by atoms with Crippen molar-refractivity contribution in [1.82, 2.24) is 0 Å². The third-order valence-corrected chi connectivity index (χ3v) is 4.05. The zero-order valence-corrected chi connectivity index (χ0v) is 13.5. The van der Waals surface area contributed by atoms with Crippen LogP contribution in [0.4, 0.5) is 17.1 Å². The van der Waals surface area contributed by atoms with Crippen LogP contribution < -0.4 is 11.1 Å². The molecular weight excluding hydrogens is 332 g/mol. The van der Waals surface area contributed by atoms with Crippen LogP contribution in [0.1, 0.15) is 22.8 Å². The Hall–Kier alpha value is -2.01. The quantitative estimate of drug-likeness (QED) is 0.639.